The normalized spacial score (nSPS) is 23.1. The summed E-state index contributed by atoms with van der Waals surface area (Å²) in [6, 6.07) is -0.623. The van der Waals surface area contributed by atoms with E-state index in [1.54, 1.807) is 0 Å². The van der Waals surface area contributed by atoms with Gasteiger partial charge in [0.1, 0.15) is 6.04 Å². The molecule has 1 aliphatic rings. The van der Waals surface area contributed by atoms with Crippen LogP contribution in [0.3, 0.4) is 0 Å². The number of carboxylic acids is 1. The third-order valence-electron chi connectivity index (χ3n) is 1.02. The van der Waals surface area contributed by atoms with Crippen LogP contribution in [-0.2, 0) is 9.59 Å². The predicted molar refractivity (Wildman–Crippen MR) is 27.8 cm³/mol. The third-order valence-corrected chi connectivity index (χ3v) is 1.02. The zero-order valence-electron chi connectivity index (χ0n) is 4.55. The van der Waals surface area contributed by atoms with Crippen LogP contribution in [0.5, 0.6) is 0 Å². The van der Waals surface area contributed by atoms with E-state index in [9.17, 15) is 9.59 Å². The molecule has 1 heterocycles. The van der Waals surface area contributed by atoms with Gasteiger partial charge in [-0.3, -0.25) is 4.79 Å². The largest absolute Gasteiger partial charge is 0.480 e. The van der Waals surface area contributed by atoms with Crippen LogP contribution in [0.25, 0.3) is 0 Å². The number of hydrogen-bond acceptors (Lipinski definition) is 2. The third kappa shape index (κ3) is 1.39. The molecule has 0 aliphatic carbocycles. The molecule has 1 aliphatic heterocycles. The van der Waals surface area contributed by atoms with E-state index in [0.717, 1.165) is 0 Å². The van der Waals surface area contributed by atoms with Gasteiger partial charge in [0.05, 0.1) is 6.42 Å². The minimum atomic E-state index is -0.954. The van der Waals surface area contributed by atoms with Crippen molar-refractivity contribution in [3.63, 3.8) is 0 Å². The lowest BCUT2D eigenvalue weighted by Crippen LogP contribution is -2.53. The van der Waals surface area contributed by atoms with Crippen LogP contribution in [-0.4, -0.2) is 28.5 Å². The number of carbonyl (C=O) groups is 2. The van der Waals surface area contributed by atoms with Crippen molar-refractivity contribution < 1.29 is 20.2 Å². The van der Waals surface area contributed by atoms with E-state index in [-0.39, 0.29) is 17.8 Å². The summed E-state index contributed by atoms with van der Waals surface area (Å²) in [5, 5.41) is 10.3. The molecule has 5 nitrogen and oxygen atoms in total. The molecule has 5 heteroatoms. The molecule has 0 bridgehead atoms. The molecule has 0 aromatic rings. The summed E-state index contributed by atoms with van der Waals surface area (Å²) in [6.45, 7) is 0. The topological polar surface area (TPSA) is 97.9 Å². The van der Waals surface area contributed by atoms with E-state index in [1.165, 1.54) is 0 Å². The molecule has 0 unspecified atom stereocenters. The quantitative estimate of drug-likeness (QED) is 0.410. The first-order valence-corrected chi connectivity index (χ1v) is 2.22. The maximum atomic E-state index is 10.0. The first-order valence-electron chi connectivity index (χ1n) is 2.22. The second-order valence-corrected chi connectivity index (χ2v) is 1.66. The highest BCUT2D eigenvalue weighted by atomic mass is 16.4. The van der Waals surface area contributed by atoms with Gasteiger partial charge in [0.2, 0.25) is 5.91 Å². The van der Waals surface area contributed by atoms with Crippen molar-refractivity contribution in [2.24, 2.45) is 0 Å². The van der Waals surface area contributed by atoms with Gasteiger partial charge in [-0.15, -0.1) is 0 Å². The lowest BCUT2D eigenvalue weighted by Gasteiger charge is -2.21. The smallest absolute Gasteiger partial charge is 0.326 e. The van der Waals surface area contributed by atoms with Gasteiger partial charge in [-0.25, -0.2) is 4.79 Å². The Hall–Kier alpha value is -1.10. The molecule has 1 fully saturated rings. The second-order valence-electron chi connectivity index (χ2n) is 1.66. The van der Waals surface area contributed by atoms with Crippen molar-refractivity contribution in [1.82, 2.24) is 5.32 Å². The lowest BCUT2D eigenvalue weighted by molar-refractivity contribution is -0.147. The first-order chi connectivity index (χ1) is 3.70. The second kappa shape index (κ2) is 2.45. The highest BCUT2D eigenvalue weighted by molar-refractivity contribution is 5.94. The Morgan fingerprint density at radius 2 is 2.22 bits per heavy atom. The van der Waals surface area contributed by atoms with E-state index < -0.39 is 12.0 Å². The van der Waals surface area contributed by atoms with Crippen molar-refractivity contribution in [3.8, 4) is 0 Å². The van der Waals surface area contributed by atoms with Gasteiger partial charge in [0.15, 0.2) is 0 Å². The van der Waals surface area contributed by atoms with E-state index in [0.29, 0.717) is 0 Å². The highest BCUT2D eigenvalue weighted by Crippen LogP contribution is 2.02. The molecule has 52 valence electrons. The average molecular weight is 133 g/mol. The van der Waals surface area contributed by atoms with Gasteiger partial charge < -0.3 is 15.9 Å². The van der Waals surface area contributed by atoms with Crippen LogP contribution < -0.4 is 5.32 Å². The van der Waals surface area contributed by atoms with Crippen molar-refractivity contribution >= 4 is 11.9 Å². The Balaban J connectivity index is 0.000000640. The maximum Gasteiger partial charge on any atom is 0.326 e. The Kier molecular flexibility index (Phi) is 2.15. The zero-order valence-corrected chi connectivity index (χ0v) is 4.55. The summed E-state index contributed by atoms with van der Waals surface area (Å²) in [7, 11) is 0. The van der Waals surface area contributed by atoms with Crippen LogP contribution in [0.2, 0.25) is 0 Å². The molecule has 1 amide bonds. The Morgan fingerprint density at radius 1 is 1.78 bits per heavy atom. The number of aliphatic carboxylic acids is 1. The fourth-order valence-corrected chi connectivity index (χ4v) is 0.508. The van der Waals surface area contributed by atoms with Gasteiger partial charge in [-0.1, -0.05) is 0 Å². The fraction of sp³-hybridized carbons (Fsp3) is 0.500. The number of carbonyl (C=O) groups excluding carboxylic acids is 1. The van der Waals surface area contributed by atoms with Gasteiger partial charge >= 0.3 is 5.97 Å². The van der Waals surface area contributed by atoms with Gasteiger partial charge in [0.25, 0.3) is 0 Å². The van der Waals surface area contributed by atoms with E-state index >= 15 is 0 Å². The van der Waals surface area contributed by atoms with Crippen molar-refractivity contribution in [2.45, 2.75) is 12.5 Å². The minimum Gasteiger partial charge on any atom is -0.480 e. The molecule has 4 N–H and O–H groups in total. The SMILES string of the molecule is O.O=C1C[C@H](C(=O)O)N1. The summed E-state index contributed by atoms with van der Waals surface area (Å²) < 4.78 is 0. The van der Waals surface area contributed by atoms with Gasteiger partial charge in [-0.2, -0.15) is 0 Å². The molecule has 1 atom stereocenters. The summed E-state index contributed by atoms with van der Waals surface area (Å²) in [5.74, 6) is -1.14. The molecule has 0 radical (unpaired) electrons. The Bertz CT molecular complexity index is 136. The molecule has 1 saturated heterocycles. The Labute approximate surface area is 51.0 Å². The molecular weight excluding hydrogens is 126 g/mol. The van der Waals surface area contributed by atoms with E-state index in [4.69, 9.17) is 5.11 Å². The van der Waals surface area contributed by atoms with E-state index in [1.807, 2.05) is 0 Å². The number of amides is 1. The summed E-state index contributed by atoms with van der Waals surface area (Å²) >= 11 is 0. The van der Waals surface area contributed by atoms with Crippen LogP contribution in [0.1, 0.15) is 6.42 Å². The van der Waals surface area contributed by atoms with Crippen molar-refractivity contribution in [3.05, 3.63) is 0 Å². The molecule has 0 aromatic carbocycles. The maximum absolute atomic E-state index is 10.0. The number of carboxylic acid groups (broad SMARTS) is 1. The first kappa shape index (κ1) is 7.90. The lowest BCUT2D eigenvalue weighted by atomic mass is 10.1. The molecule has 0 saturated carbocycles. The van der Waals surface area contributed by atoms with Crippen molar-refractivity contribution in [1.29, 1.82) is 0 Å². The van der Waals surface area contributed by atoms with Gasteiger partial charge in [0, 0.05) is 0 Å². The number of nitrogens with one attached hydrogen (secondary N) is 1. The minimum absolute atomic E-state index is 0. The number of β-lactam (4-membered cyclic amide) rings is 1. The number of rotatable bonds is 1. The fourth-order valence-electron chi connectivity index (χ4n) is 0.508. The highest BCUT2D eigenvalue weighted by Gasteiger charge is 2.31. The standard InChI is InChI=1S/C4H5NO3.H2O/c6-3-1-2(5-3)4(7)8;/h2H,1H2,(H,5,6)(H,7,8);1H2/t2-;/m1./s1. The number of hydrogen-bond donors (Lipinski definition) is 2. The summed E-state index contributed by atoms with van der Waals surface area (Å²) in [5.41, 5.74) is 0. The molecule has 1 rings (SSSR count). The molecular formula is C4H7NO4. The molecule has 9 heavy (non-hydrogen) atoms. The Morgan fingerprint density at radius 3 is 2.33 bits per heavy atom. The summed E-state index contributed by atoms with van der Waals surface area (Å²) in [4.78, 5) is 20.0. The molecule has 0 spiro atoms. The monoisotopic (exact) mass is 133 g/mol. The van der Waals surface area contributed by atoms with Crippen LogP contribution in [0.15, 0.2) is 0 Å². The predicted octanol–water partition coefficient (Wildman–Crippen LogP) is -1.87. The van der Waals surface area contributed by atoms with Crippen LogP contribution in [0.4, 0.5) is 0 Å². The van der Waals surface area contributed by atoms with Crippen LogP contribution in [0, 0.1) is 0 Å². The average Bonchev–Trinajstić information content (AvgIpc) is 1.57. The molecule has 0 aromatic heterocycles. The van der Waals surface area contributed by atoms with Crippen LogP contribution >= 0.6 is 0 Å². The van der Waals surface area contributed by atoms with Crippen molar-refractivity contribution in [2.75, 3.05) is 0 Å². The summed E-state index contributed by atoms with van der Waals surface area (Å²) in [6.07, 6.45) is 0.134. The zero-order chi connectivity index (χ0) is 6.15. The van der Waals surface area contributed by atoms with E-state index in [2.05, 4.69) is 5.32 Å². The van der Waals surface area contributed by atoms with Gasteiger partial charge in [-0.05, 0) is 0 Å².